The minimum Gasteiger partial charge on any atom is -0.388 e. The molecule has 0 fully saturated rings. The van der Waals surface area contributed by atoms with Crippen LogP contribution in [0.15, 0.2) is 30.3 Å². The molecule has 0 aromatic heterocycles. The van der Waals surface area contributed by atoms with Gasteiger partial charge in [-0.15, -0.1) is 0 Å². The van der Waals surface area contributed by atoms with Crippen molar-refractivity contribution < 1.29 is 4.74 Å². The molecular weight excluding hydrogens is 250 g/mol. The van der Waals surface area contributed by atoms with Crippen molar-refractivity contribution in [3.8, 4) is 0 Å². The fourth-order valence-electron chi connectivity index (χ4n) is 2.39. The van der Waals surface area contributed by atoms with Gasteiger partial charge in [0.05, 0.1) is 12.4 Å². The molecule has 0 aliphatic heterocycles. The highest BCUT2D eigenvalue weighted by molar-refractivity contribution is 5.77. The number of benzene rings is 1. The number of hydrogen-bond acceptors (Lipinski definition) is 3. The molecule has 0 saturated heterocycles. The van der Waals surface area contributed by atoms with Crippen molar-refractivity contribution in [2.24, 2.45) is 11.7 Å². The second-order valence-electron chi connectivity index (χ2n) is 5.54. The summed E-state index contributed by atoms with van der Waals surface area (Å²) in [5.41, 5.74) is 6.86. The summed E-state index contributed by atoms with van der Waals surface area (Å²) in [6.45, 7) is 6.91. The molecule has 1 rings (SSSR count). The summed E-state index contributed by atoms with van der Waals surface area (Å²) >= 11 is 0. The molecule has 20 heavy (non-hydrogen) atoms. The van der Waals surface area contributed by atoms with Crippen LogP contribution in [0.5, 0.6) is 0 Å². The van der Waals surface area contributed by atoms with E-state index in [1.165, 1.54) is 5.56 Å². The SMILES string of the molecule is COCCN(CC(C)C)C(CC(=N)N)c1ccccc1. The van der Waals surface area contributed by atoms with Crippen LogP contribution in [-0.4, -0.2) is 37.5 Å². The molecule has 1 aromatic rings. The second-order valence-corrected chi connectivity index (χ2v) is 5.54. The summed E-state index contributed by atoms with van der Waals surface area (Å²) in [7, 11) is 1.72. The zero-order valence-electron chi connectivity index (χ0n) is 12.8. The maximum Gasteiger partial charge on any atom is 0.0924 e. The molecule has 1 unspecified atom stereocenters. The predicted molar refractivity (Wildman–Crippen MR) is 84.0 cm³/mol. The van der Waals surface area contributed by atoms with E-state index in [2.05, 4.69) is 30.9 Å². The highest BCUT2D eigenvalue weighted by Gasteiger charge is 2.21. The smallest absolute Gasteiger partial charge is 0.0924 e. The maximum atomic E-state index is 7.65. The Kier molecular flexibility index (Phi) is 7.26. The Morgan fingerprint density at radius 3 is 2.45 bits per heavy atom. The molecule has 0 amide bonds. The first kappa shape index (κ1) is 16.7. The van der Waals surface area contributed by atoms with Crippen molar-refractivity contribution in [1.82, 2.24) is 4.90 Å². The van der Waals surface area contributed by atoms with Gasteiger partial charge in [0.15, 0.2) is 0 Å². The lowest BCUT2D eigenvalue weighted by molar-refractivity contribution is 0.111. The first-order valence-electron chi connectivity index (χ1n) is 7.15. The number of nitrogens with two attached hydrogens (primary N) is 1. The summed E-state index contributed by atoms with van der Waals surface area (Å²) in [4.78, 5) is 2.37. The zero-order chi connectivity index (χ0) is 15.0. The van der Waals surface area contributed by atoms with Crippen molar-refractivity contribution in [3.05, 3.63) is 35.9 Å². The Morgan fingerprint density at radius 1 is 1.30 bits per heavy atom. The molecule has 112 valence electrons. The van der Waals surface area contributed by atoms with Gasteiger partial charge in [0, 0.05) is 32.7 Å². The number of hydrogen-bond donors (Lipinski definition) is 2. The molecule has 1 atom stereocenters. The molecule has 0 saturated carbocycles. The van der Waals surface area contributed by atoms with E-state index in [0.717, 1.165) is 13.1 Å². The van der Waals surface area contributed by atoms with E-state index in [0.29, 0.717) is 18.9 Å². The standard InChI is InChI=1S/C16H27N3O/c1-13(2)12-19(9-10-20-3)15(11-16(17)18)14-7-5-4-6-8-14/h4-8,13,15H,9-12H2,1-3H3,(H3,17,18). The molecule has 0 aliphatic rings. The van der Waals surface area contributed by atoms with Gasteiger partial charge in [-0.1, -0.05) is 44.2 Å². The van der Waals surface area contributed by atoms with Crippen LogP contribution in [0.1, 0.15) is 31.9 Å². The van der Waals surface area contributed by atoms with Crippen LogP contribution in [0.2, 0.25) is 0 Å². The van der Waals surface area contributed by atoms with E-state index in [1.54, 1.807) is 7.11 Å². The van der Waals surface area contributed by atoms with Crippen LogP contribution < -0.4 is 5.73 Å². The Balaban J connectivity index is 2.94. The average Bonchev–Trinajstić information content (AvgIpc) is 2.41. The summed E-state index contributed by atoms with van der Waals surface area (Å²) in [6, 6.07) is 10.4. The summed E-state index contributed by atoms with van der Waals surface area (Å²) in [5.74, 6) is 0.787. The van der Waals surface area contributed by atoms with Gasteiger partial charge in [-0.25, -0.2) is 0 Å². The number of amidine groups is 1. The monoisotopic (exact) mass is 277 g/mol. The fraction of sp³-hybridized carbons (Fsp3) is 0.562. The van der Waals surface area contributed by atoms with Crippen molar-refractivity contribution in [3.63, 3.8) is 0 Å². The maximum absolute atomic E-state index is 7.65. The van der Waals surface area contributed by atoms with Crippen molar-refractivity contribution in [1.29, 1.82) is 5.41 Å². The molecule has 4 nitrogen and oxygen atoms in total. The van der Waals surface area contributed by atoms with Gasteiger partial charge in [-0.3, -0.25) is 10.3 Å². The Labute approximate surface area is 122 Å². The first-order chi connectivity index (χ1) is 9.54. The van der Waals surface area contributed by atoms with Crippen LogP contribution in [0.3, 0.4) is 0 Å². The molecular formula is C16H27N3O. The predicted octanol–water partition coefficient (Wildman–Crippen LogP) is 2.66. The lowest BCUT2D eigenvalue weighted by atomic mass is 10.00. The Bertz CT molecular complexity index is 392. The van der Waals surface area contributed by atoms with E-state index < -0.39 is 0 Å². The van der Waals surface area contributed by atoms with Crippen LogP contribution in [0, 0.1) is 11.3 Å². The van der Waals surface area contributed by atoms with Crippen LogP contribution >= 0.6 is 0 Å². The topological polar surface area (TPSA) is 62.3 Å². The normalized spacial score (nSPS) is 12.8. The second kappa shape index (κ2) is 8.72. The van der Waals surface area contributed by atoms with Gasteiger partial charge in [0.25, 0.3) is 0 Å². The van der Waals surface area contributed by atoms with E-state index in [9.17, 15) is 0 Å². The molecule has 1 aromatic carbocycles. The first-order valence-corrected chi connectivity index (χ1v) is 7.15. The number of ether oxygens (including phenoxy) is 1. The highest BCUT2D eigenvalue weighted by atomic mass is 16.5. The van der Waals surface area contributed by atoms with E-state index in [4.69, 9.17) is 15.9 Å². The van der Waals surface area contributed by atoms with E-state index in [-0.39, 0.29) is 11.9 Å². The van der Waals surface area contributed by atoms with Gasteiger partial charge in [-0.05, 0) is 11.5 Å². The van der Waals surface area contributed by atoms with Gasteiger partial charge < -0.3 is 10.5 Å². The quantitative estimate of drug-likeness (QED) is 0.539. The fourth-order valence-corrected chi connectivity index (χ4v) is 2.39. The third kappa shape index (κ3) is 5.72. The molecule has 0 heterocycles. The lowest BCUT2D eigenvalue weighted by Crippen LogP contribution is -2.36. The third-order valence-electron chi connectivity index (χ3n) is 3.22. The summed E-state index contributed by atoms with van der Waals surface area (Å²) in [5, 5.41) is 7.65. The van der Waals surface area contributed by atoms with Crippen LogP contribution in [0.25, 0.3) is 0 Å². The van der Waals surface area contributed by atoms with Gasteiger partial charge in [0.2, 0.25) is 0 Å². The third-order valence-corrected chi connectivity index (χ3v) is 3.22. The average molecular weight is 277 g/mol. The van der Waals surface area contributed by atoms with Crippen LogP contribution in [0.4, 0.5) is 0 Å². The van der Waals surface area contributed by atoms with Crippen LogP contribution in [-0.2, 0) is 4.74 Å². The number of nitrogens with zero attached hydrogens (tertiary/aromatic N) is 1. The number of rotatable bonds is 9. The van der Waals surface area contributed by atoms with E-state index in [1.807, 2.05) is 18.2 Å². The molecule has 0 bridgehead atoms. The summed E-state index contributed by atoms with van der Waals surface area (Å²) in [6.07, 6.45) is 0.556. The lowest BCUT2D eigenvalue weighted by Gasteiger charge is -2.33. The Morgan fingerprint density at radius 2 is 1.95 bits per heavy atom. The molecule has 3 N–H and O–H groups in total. The summed E-state index contributed by atoms with van der Waals surface area (Å²) < 4.78 is 5.22. The molecule has 0 spiro atoms. The number of methoxy groups -OCH3 is 1. The van der Waals surface area contributed by atoms with E-state index >= 15 is 0 Å². The largest absolute Gasteiger partial charge is 0.388 e. The van der Waals surface area contributed by atoms with Crippen molar-refractivity contribution >= 4 is 5.84 Å². The minimum atomic E-state index is 0.145. The highest BCUT2D eigenvalue weighted by Crippen LogP contribution is 2.25. The Hall–Kier alpha value is -1.39. The molecule has 0 aliphatic carbocycles. The zero-order valence-corrected chi connectivity index (χ0v) is 12.8. The molecule has 4 heteroatoms. The molecule has 0 radical (unpaired) electrons. The number of nitrogens with one attached hydrogen (secondary N) is 1. The van der Waals surface area contributed by atoms with Gasteiger partial charge in [-0.2, -0.15) is 0 Å². The minimum absolute atomic E-state index is 0.145. The van der Waals surface area contributed by atoms with Crippen molar-refractivity contribution in [2.75, 3.05) is 26.8 Å². The van der Waals surface area contributed by atoms with Crippen molar-refractivity contribution in [2.45, 2.75) is 26.3 Å². The van der Waals surface area contributed by atoms with Gasteiger partial charge >= 0.3 is 0 Å². The van der Waals surface area contributed by atoms with Gasteiger partial charge in [0.1, 0.15) is 0 Å².